The van der Waals surface area contributed by atoms with Gasteiger partial charge in [-0.15, -0.1) is 0 Å². The van der Waals surface area contributed by atoms with Gasteiger partial charge in [-0.3, -0.25) is 0 Å². The minimum atomic E-state index is 0.824. The van der Waals surface area contributed by atoms with Crippen molar-refractivity contribution in [2.75, 3.05) is 0 Å². The van der Waals surface area contributed by atoms with Gasteiger partial charge >= 0.3 is 0 Å². The fourth-order valence-corrected chi connectivity index (χ4v) is 16.9. The Balaban J connectivity index is 1.25. The minimum absolute atomic E-state index is 0.824. The van der Waals surface area contributed by atoms with Gasteiger partial charge in [-0.2, -0.15) is 0 Å². The molecule has 8 aliphatic rings. The Morgan fingerprint density at radius 2 is 0.688 bits per heavy atom. The molecule has 0 N–H and O–H groups in total. The Kier molecular flexibility index (Phi) is 11.2. The van der Waals surface area contributed by atoms with Crippen LogP contribution in [0.1, 0.15) is 188 Å². The molecule has 10 unspecified atom stereocenters. The van der Waals surface area contributed by atoms with Crippen molar-refractivity contribution in [1.29, 1.82) is 0 Å². The van der Waals surface area contributed by atoms with E-state index in [0.29, 0.717) is 0 Å². The third-order valence-corrected chi connectivity index (χ3v) is 18.7. The van der Waals surface area contributed by atoms with Crippen molar-refractivity contribution < 1.29 is 0 Å². The lowest BCUT2D eigenvalue weighted by Gasteiger charge is -2.69. The summed E-state index contributed by atoms with van der Waals surface area (Å²) in [5.41, 5.74) is 1.50. The molecule has 8 fully saturated rings. The Morgan fingerprint density at radius 1 is 0.375 bits per heavy atom. The molecule has 8 saturated carbocycles. The van der Waals surface area contributed by atoms with Gasteiger partial charge < -0.3 is 0 Å². The van der Waals surface area contributed by atoms with Crippen molar-refractivity contribution in [2.24, 2.45) is 101 Å². The van der Waals surface area contributed by atoms with Gasteiger partial charge in [-0.1, -0.05) is 116 Å². The molecular weight excluding hydrogens is 577 g/mol. The topological polar surface area (TPSA) is 0 Å². The highest BCUT2D eigenvalue weighted by Crippen LogP contribution is 2.70. The second-order valence-corrected chi connectivity index (χ2v) is 20.9. The Bertz CT molecular complexity index is 1020. The number of hydrogen-bond donors (Lipinski definition) is 0. The molecule has 0 aromatic carbocycles. The summed E-state index contributed by atoms with van der Waals surface area (Å²) in [4.78, 5) is 0. The largest absolute Gasteiger partial charge is 0.0999 e. The van der Waals surface area contributed by atoms with E-state index in [2.05, 4.69) is 27.4 Å². The SMILES string of the molecule is C=C(C)C1CCC(C2C3CCCCC3C(C3CCC(C(C)C)CC3)C3C(C4CCCCC4)C4CCCCC4C(C4CCCCC4)C23)CC1. The van der Waals surface area contributed by atoms with Crippen molar-refractivity contribution in [3.8, 4) is 0 Å². The number of hydrogen-bond acceptors (Lipinski definition) is 0. The van der Waals surface area contributed by atoms with Gasteiger partial charge in [-0.25, -0.2) is 0 Å². The summed E-state index contributed by atoms with van der Waals surface area (Å²) in [6, 6.07) is 0. The summed E-state index contributed by atoms with van der Waals surface area (Å²) in [6.45, 7) is 12.0. The zero-order chi connectivity index (χ0) is 32.8. The molecule has 8 aliphatic carbocycles. The maximum atomic E-state index is 4.51. The van der Waals surface area contributed by atoms with Gasteiger partial charge in [0.05, 0.1) is 0 Å². The molecule has 0 radical (unpaired) electrons. The van der Waals surface area contributed by atoms with E-state index in [1.54, 1.807) is 141 Å². The molecule has 272 valence electrons. The molecule has 48 heavy (non-hydrogen) atoms. The Morgan fingerprint density at radius 3 is 1.02 bits per heavy atom. The minimum Gasteiger partial charge on any atom is -0.0999 e. The summed E-state index contributed by atoms with van der Waals surface area (Å²) < 4.78 is 0. The monoisotopic (exact) mass is 657 g/mol. The molecule has 0 aliphatic heterocycles. The van der Waals surface area contributed by atoms with Gasteiger partial charge in [0.25, 0.3) is 0 Å². The van der Waals surface area contributed by atoms with Crippen molar-refractivity contribution in [3.63, 3.8) is 0 Å². The summed E-state index contributed by atoms with van der Waals surface area (Å²) in [5.74, 6) is 17.9. The second kappa shape index (κ2) is 15.4. The van der Waals surface area contributed by atoms with Crippen molar-refractivity contribution in [1.82, 2.24) is 0 Å². The fourth-order valence-electron chi connectivity index (χ4n) is 16.9. The van der Waals surface area contributed by atoms with E-state index in [1.807, 2.05) is 0 Å². The molecule has 0 nitrogen and oxygen atoms in total. The van der Waals surface area contributed by atoms with E-state index in [-0.39, 0.29) is 0 Å². The Hall–Kier alpha value is -0.260. The number of fused-ring (bicyclic) bond motifs is 3. The summed E-state index contributed by atoms with van der Waals surface area (Å²) in [5, 5.41) is 0. The van der Waals surface area contributed by atoms with Gasteiger partial charge in [0.1, 0.15) is 0 Å². The van der Waals surface area contributed by atoms with Crippen LogP contribution in [0.15, 0.2) is 12.2 Å². The van der Waals surface area contributed by atoms with E-state index in [0.717, 1.165) is 101 Å². The summed E-state index contributed by atoms with van der Waals surface area (Å²) in [6.07, 6.45) is 40.9. The standard InChI is InChI=1S/C48H80/c1-31(2)33-23-27-37(28-24-33)45-41-21-13-14-22-42(41)46(38-29-25-34(26-30-38)32(3)4)48-44(36-17-9-6-10-18-36)40-20-12-11-19-39(40)43(47(45)48)35-15-7-5-8-16-35/h32-48H,1,5-30H2,2-4H3. The van der Waals surface area contributed by atoms with Crippen LogP contribution in [0, 0.1) is 101 Å². The van der Waals surface area contributed by atoms with Gasteiger partial charge in [0.2, 0.25) is 0 Å². The van der Waals surface area contributed by atoms with Crippen molar-refractivity contribution in [3.05, 3.63) is 12.2 Å². The van der Waals surface area contributed by atoms with Crippen LogP contribution in [-0.2, 0) is 0 Å². The second-order valence-electron chi connectivity index (χ2n) is 20.9. The van der Waals surface area contributed by atoms with Gasteiger partial charge in [0, 0.05) is 0 Å². The first kappa shape index (κ1) is 34.8. The maximum absolute atomic E-state index is 4.51. The van der Waals surface area contributed by atoms with Crippen molar-refractivity contribution in [2.45, 2.75) is 188 Å². The normalized spacial score (nSPS) is 47.9. The fraction of sp³-hybridized carbons (Fsp3) is 0.958. The van der Waals surface area contributed by atoms with E-state index < -0.39 is 0 Å². The molecule has 0 bridgehead atoms. The molecule has 0 heteroatoms. The lowest BCUT2D eigenvalue weighted by atomic mass is 9.36. The van der Waals surface area contributed by atoms with Gasteiger partial charge in [0.15, 0.2) is 0 Å². The molecule has 0 aromatic rings. The van der Waals surface area contributed by atoms with E-state index in [9.17, 15) is 0 Å². The molecule has 0 saturated heterocycles. The molecule has 10 atom stereocenters. The molecule has 0 heterocycles. The van der Waals surface area contributed by atoms with Crippen LogP contribution >= 0.6 is 0 Å². The first-order valence-corrected chi connectivity index (χ1v) is 23.2. The molecule has 0 aromatic heterocycles. The maximum Gasteiger partial charge on any atom is -0.0208 e. The molecule has 0 spiro atoms. The Labute approximate surface area is 299 Å². The average molecular weight is 657 g/mol. The summed E-state index contributed by atoms with van der Waals surface area (Å²) in [7, 11) is 0. The molecular formula is C48H80. The van der Waals surface area contributed by atoms with E-state index >= 15 is 0 Å². The van der Waals surface area contributed by atoms with Crippen LogP contribution in [0.4, 0.5) is 0 Å². The van der Waals surface area contributed by atoms with Crippen LogP contribution in [0.25, 0.3) is 0 Å². The highest BCUT2D eigenvalue weighted by molar-refractivity contribution is 5.13. The lowest BCUT2D eigenvalue weighted by Crippen LogP contribution is -2.63. The first-order valence-electron chi connectivity index (χ1n) is 23.2. The predicted molar refractivity (Wildman–Crippen MR) is 206 cm³/mol. The lowest BCUT2D eigenvalue weighted by molar-refractivity contribution is -0.210. The van der Waals surface area contributed by atoms with E-state index in [4.69, 9.17) is 0 Å². The van der Waals surface area contributed by atoms with Crippen LogP contribution in [0.3, 0.4) is 0 Å². The first-order chi connectivity index (χ1) is 23.5. The highest BCUT2D eigenvalue weighted by atomic mass is 14.7. The smallest absolute Gasteiger partial charge is 0.0208 e. The van der Waals surface area contributed by atoms with Gasteiger partial charge in [-0.05, 0) is 185 Å². The third-order valence-electron chi connectivity index (χ3n) is 18.7. The predicted octanol–water partition coefficient (Wildman–Crippen LogP) is 14.3. The zero-order valence-electron chi connectivity index (χ0n) is 32.4. The third kappa shape index (κ3) is 6.60. The average Bonchev–Trinajstić information content (AvgIpc) is 3.13. The van der Waals surface area contributed by atoms with Crippen LogP contribution in [0.5, 0.6) is 0 Å². The number of allylic oxidation sites excluding steroid dienone is 1. The van der Waals surface area contributed by atoms with Crippen LogP contribution in [0.2, 0.25) is 0 Å². The van der Waals surface area contributed by atoms with Crippen LogP contribution < -0.4 is 0 Å². The zero-order valence-corrected chi connectivity index (χ0v) is 32.4. The summed E-state index contributed by atoms with van der Waals surface area (Å²) >= 11 is 0. The van der Waals surface area contributed by atoms with E-state index in [1.165, 1.54) is 31.3 Å². The molecule has 8 rings (SSSR count). The van der Waals surface area contributed by atoms with Crippen LogP contribution in [-0.4, -0.2) is 0 Å². The number of rotatable bonds is 6. The quantitative estimate of drug-likeness (QED) is 0.250. The van der Waals surface area contributed by atoms with Crippen molar-refractivity contribution >= 4 is 0 Å². The highest BCUT2D eigenvalue weighted by Gasteiger charge is 2.64. The molecule has 0 amide bonds.